The van der Waals surface area contributed by atoms with Crippen molar-refractivity contribution in [1.29, 1.82) is 0 Å². The zero-order valence-electron chi connectivity index (χ0n) is 7.34. The quantitative estimate of drug-likeness (QED) is 0.746. The van der Waals surface area contributed by atoms with E-state index >= 15 is 0 Å². The molecule has 0 aliphatic heterocycles. The van der Waals surface area contributed by atoms with Crippen LogP contribution in [-0.4, -0.2) is 9.55 Å². The molecule has 68 valence electrons. The minimum Gasteiger partial charge on any atom is -0.472 e. The second-order valence-electron chi connectivity index (χ2n) is 2.96. The molecule has 0 saturated heterocycles. The zero-order valence-corrected chi connectivity index (χ0v) is 7.34. The monoisotopic (exact) mass is 177 g/mol. The molecule has 13 heavy (non-hydrogen) atoms. The van der Waals surface area contributed by atoms with Crippen molar-refractivity contribution in [2.45, 2.75) is 6.04 Å². The summed E-state index contributed by atoms with van der Waals surface area (Å²) in [5.41, 5.74) is 7.92. The van der Waals surface area contributed by atoms with Gasteiger partial charge in [-0.3, -0.25) is 0 Å². The molecule has 4 heteroatoms. The summed E-state index contributed by atoms with van der Waals surface area (Å²) < 4.78 is 6.86. The third-order valence-electron chi connectivity index (χ3n) is 2.07. The van der Waals surface area contributed by atoms with Gasteiger partial charge in [0.05, 0.1) is 36.8 Å². The SMILES string of the molecule is Cn1cncc1C(N)c1ccoc1. The minimum atomic E-state index is -0.161. The fraction of sp³-hybridized carbons (Fsp3) is 0.222. The number of rotatable bonds is 2. The van der Waals surface area contributed by atoms with E-state index in [1.807, 2.05) is 17.7 Å². The molecule has 0 saturated carbocycles. The zero-order chi connectivity index (χ0) is 9.26. The lowest BCUT2D eigenvalue weighted by Gasteiger charge is -2.09. The highest BCUT2D eigenvalue weighted by Crippen LogP contribution is 2.18. The van der Waals surface area contributed by atoms with Crippen molar-refractivity contribution < 1.29 is 4.42 Å². The largest absolute Gasteiger partial charge is 0.472 e. The van der Waals surface area contributed by atoms with Gasteiger partial charge in [-0.15, -0.1) is 0 Å². The average molecular weight is 177 g/mol. The fourth-order valence-corrected chi connectivity index (χ4v) is 1.29. The Balaban J connectivity index is 2.33. The van der Waals surface area contributed by atoms with E-state index in [2.05, 4.69) is 4.98 Å². The lowest BCUT2D eigenvalue weighted by Crippen LogP contribution is -2.14. The first-order chi connectivity index (χ1) is 6.29. The van der Waals surface area contributed by atoms with Gasteiger partial charge in [0.25, 0.3) is 0 Å². The van der Waals surface area contributed by atoms with Gasteiger partial charge in [0.1, 0.15) is 0 Å². The van der Waals surface area contributed by atoms with Crippen LogP contribution in [-0.2, 0) is 7.05 Å². The lowest BCUT2D eigenvalue weighted by atomic mass is 10.1. The number of nitrogens with zero attached hydrogens (tertiary/aromatic N) is 2. The second-order valence-corrected chi connectivity index (χ2v) is 2.96. The third-order valence-corrected chi connectivity index (χ3v) is 2.07. The molecule has 1 unspecified atom stereocenters. The van der Waals surface area contributed by atoms with Crippen LogP contribution in [0.25, 0.3) is 0 Å². The maximum atomic E-state index is 5.99. The van der Waals surface area contributed by atoms with Crippen LogP contribution in [0.5, 0.6) is 0 Å². The van der Waals surface area contributed by atoms with Gasteiger partial charge < -0.3 is 14.7 Å². The van der Waals surface area contributed by atoms with E-state index < -0.39 is 0 Å². The van der Waals surface area contributed by atoms with E-state index in [9.17, 15) is 0 Å². The van der Waals surface area contributed by atoms with Crippen LogP contribution in [0.2, 0.25) is 0 Å². The first-order valence-electron chi connectivity index (χ1n) is 4.03. The fourth-order valence-electron chi connectivity index (χ4n) is 1.29. The van der Waals surface area contributed by atoms with Crippen LogP contribution in [0, 0.1) is 0 Å². The predicted octanol–water partition coefficient (Wildman–Crippen LogP) is 1.06. The molecule has 2 rings (SSSR count). The minimum absolute atomic E-state index is 0.161. The van der Waals surface area contributed by atoms with Gasteiger partial charge in [-0.1, -0.05) is 0 Å². The Morgan fingerprint density at radius 3 is 3.00 bits per heavy atom. The van der Waals surface area contributed by atoms with Crippen molar-refractivity contribution in [3.05, 3.63) is 42.4 Å². The van der Waals surface area contributed by atoms with E-state index in [1.54, 1.807) is 25.1 Å². The summed E-state index contributed by atoms with van der Waals surface area (Å²) in [5, 5.41) is 0. The van der Waals surface area contributed by atoms with Crippen LogP contribution in [0.1, 0.15) is 17.3 Å². The molecule has 1 atom stereocenters. The van der Waals surface area contributed by atoms with Gasteiger partial charge in [-0.2, -0.15) is 0 Å². The van der Waals surface area contributed by atoms with Crippen LogP contribution >= 0.6 is 0 Å². The number of hydrogen-bond acceptors (Lipinski definition) is 3. The first kappa shape index (κ1) is 8.07. The summed E-state index contributed by atoms with van der Waals surface area (Å²) in [6.07, 6.45) is 6.76. The standard InChI is InChI=1S/C9H11N3O/c1-12-6-11-4-8(12)9(10)7-2-3-13-5-7/h2-6,9H,10H2,1H3. The van der Waals surface area contributed by atoms with Gasteiger partial charge in [0, 0.05) is 12.6 Å². The molecule has 0 amide bonds. The number of aromatic nitrogens is 2. The van der Waals surface area contributed by atoms with E-state index in [4.69, 9.17) is 10.2 Å². The molecule has 2 aromatic rings. The molecule has 0 radical (unpaired) electrons. The Morgan fingerprint density at radius 1 is 1.62 bits per heavy atom. The summed E-state index contributed by atoms with van der Waals surface area (Å²) >= 11 is 0. The smallest absolute Gasteiger partial charge is 0.0954 e. The first-order valence-corrected chi connectivity index (χ1v) is 4.03. The Morgan fingerprint density at radius 2 is 2.46 bits per heavy atom. The summed E-state index contributed by atoms with van der Waals surface area (Å²) in [5.74, 6) is 0. The average Bonchev–Trinajstić information content (AvgIpc) is 2.72. The molecule has 0 aliphatic carbocycles. The van der Waals surface area contributed by atoms with Gasteiger partial charge in [-0.25, -0.2) is 4.98 Å². The third kappa shape index (κ3) is 1.36. The predicted molar refractivity (Wildman–Crippen MR) is 47.9 cm³/mol. The summed E-state index contributed by atoms with van der Waals surface area (Å²) in [4.78, 5) is 4.01. The maximum Gasteiger partial charge on any atom is 0.0954 e. The van der Waals surface area contributed by atoms with E-state index in [-0.39, 0.29) is 6.04 Å². The van der Waals surface area contributed by atoms with Crippen molar-refractivity contribution in [3.63, 3.8) is 0 Å². The summed E-state index contributed by atoms with van der Waals surface area (Å²) in [7, 11) is 1.92. The number of nitrogens with two attached hydrogens (primary N) is 1. The molecule has 0 aromatic carbocycles. The van der Waals surface area contributed by atoms with Crippen LogP contribution in [0.4, 0.5) is 0 Å². The highest BCUT2D eigenvalue weighted by molar-refractivity contribution is 5.22. The van der Waals surface area contributed by atoms with E-state index in [0.29, 0.717) is 0 Å². The Kier molecular flexibility index (Phi) is 1.90. The van der Waals surface area contributed by atoms with Gasteiger partial charge >= 0.3 is 0 Å². The van der Waals surface area contributed by atoms with Crippen molar-refractivity contribution in [1.82, 2.24) is 9.55 Å². The Bertz CT molecular complexity index is 377. The van der Waals surface area contributed by atoms with Gasteiger partial charge in [-0.05, 0) is 6.07 Å². The summed E-state index contributed by atoms with van der Waals surface area (Å²) in [6.45, 7) is 0. The lowest BCUT2D eigenvalue weighted by molar-refractivity contribution is 0.561. The van der Waals surface area contributed by atoms with E-state index in [0.717, 1.165) is 11.3 Å². The highest BCUT2D eigenvalue weighted by atomic mass is 16.3. The maximum absolute atomic E-state index is 5.99. The second kappa shape index (κ2) is 3.06. The van der Waals surface area contributed by atoms with Gasteiger partial charge in [0.2, 0.25) is 0 Å². The molecular weight excluding hydrogens is 166 g/mol. The highest BCUT2D eigenvalue weighted by Gasteiger charge is 2.12. The topological polar surface area (TPSA) is 57.0 Å². The Labute approximate surface area is 76.0 Å². The molecule has 0 fully saturated rings. The molecular formula is C9H11N3O. The number of imidazole rings is 1. The molecule has 2 N–H and O–H groups in total. The number of furan rings is 1. The Hall–Kier alpha value is -1.55. The molecule has 0 spiro atoms. The van der Waals surface area contributed by atoms with Crippen molar-refractivity contribution >= 4 is 0 Å². The van der Waals surface area contributed by atoms with Gasteiger partial charge in [0.15, 0.2) is 0 Å². The molecule has 4 nitrogen and oxygen atoms in total. The van der Waals surface area contributed by atoms with Crippen molar-refractivity contribution in [3.8, 4) is 0 Å². The molecule has 2 aromatic heterocycles. The number of aryl methyl sites for hydroxylation is 1. The molecule has 0 bridgehead atoms. The summed E-state index contributed by atoms with van der Waals surface area (Å²) in [6, 6.07) is 1.70. The molecule has 2 heterocycles. The van der Waals surface area contributed by atoms with Crippen molar-refractivity contribution in [2.75, 3.05) is 0 Å². The van der Waals surface area contributed by atoms with Crippen LogP contribution in [0.15, 0.2) is 35.5 Å². The normalized spacial score (nSPS) is 13.1. The van der Waals surface area contributed by atoms with E-state index in [1.165, 1.54) is 0 Å². The van der Waals surface area contributed by atoms with Crippen molar-refractivity contribution in [2.24, 2.45) is 12.8 Å². The number of hydrogen-bond donors (Lipinski definition) is 1. The molecule has 0 aliphatic rings. The van der Waals surface area contributed by atoms with Crippen LogP contribution < -0.4 is 5.73 Å². The van der Waals surface area contributed by atoms with Crippen LogP contribution in [0.3, 0.4) is 0 Å².